The van der Waals surface area contributed by atoms with E-state index in [0.29, 0.717) is 12.1 Å². The van der Waals surface area contributed by atoms with Gasteiger partial charge < -0.3 is 10.1 Å². The maximum absolute atomic E-state index is 11.6. The molecule has 0 saturated carbocycles. The van der Waals surface area contributed by atoms with Crippen molar-refractivity contribution in [1.82, 2.24) is 5.32 Å². The molecule has 0 bridgehead atoms. The van der Waals surface area contributed by atoms with Gasteiger partial charge in [-0.1, -0.05) is 78.9 Å². The molecule has 3 aromatic rings. The molecular formula is C26H27NO2. The van der Waals surface area contributed by atoms with Gasteiger partial charge in [0.05, 0.1) is 12.7 Å². The summed E-state index contributed by atoms with van der Waals surface area (Å²) in [6.45, 7) is 5.50. The Kier molecular flexibility index (Phi) is 6.99. The van der Waals surface area contributed by atoms with E-state index in [1.54, 1.807) is 12.1 Å². The van der Waals surface area contributed by atoms with Crippen LogP contribution in [-0.4, -0.2) is 19.6 Å². The Balaban J connectivity index is 1.82. The summed E-state index contributed by atoms with van der Waals surface area (Å²) < 4.78 is 4.76. The Bertz CT molecular complexity index is 878. The Hall–Kier alpha value is -3.17. The van der Waals surface area contributed by atoms with Crippen molar-refractivity contribution >= 4 is 5.97 Å². The van der Waals surface area contributed by atoms with Crippen LogP contribution < -0.4 is 5.32 Å². The quantitative estimate of drug-likeness (QED) is 0.410. The van der Waals surface area contributed by atoms with E-state index in [0.717, 1.165) is 18.5 Å². The van der Waals surface area contributed by atoms with E-state index in [2.05, 4.69) is 60.4 Å². The lowest BCUT2D eigenvalue weighted by Crippen LogP contribution is -2.39. The second-order valence-electron chi connectivity index (χ2n) is 7.10. The molecule has 0 aliphatic heterocycles. The molecule has 29 heavy (non-hydrogen) atoms. The van der Waals surface area contributed by atoms with Crippen molar-refractivity contribution in [2.45, 2.75) is 18.4 Å². The number of benzene rings is 3. The third kappa shape index (κ3) is 4.82. The van der Waals surface area contributed by atoms with Gasteiger partial charge in [-0.25, -0.2) is 4.79 Å². The van der Waals surface area contributed by atoms with Crippen LogP contribution in [0.25, 0.3) is 0 Å². The molecule has 0 atom stereocenters. The van der Waals surface area contributed by atoms with Crippen LogP contribution in [0.2, 0.25) is 0 Å². The van der Waals surface area contributed by atoms with E-state index in [9.17, 15) is 4.79 Å². The number of carbonyl (C=O) groups excluding carboxylic acids is 1. The zero-order valence-corrected chi connectivity index (χ0v) is 16.8. The van der Waals surface area contributed by atoms with Crippen molar-refractivity contribution in [3.63, 3.8) is 0 Å². The minimum absolute atomic E-state index is 0.198. The van der Waals surface area contributed by atoms with Gasteiger partial charge in [-0.2, -0.15) is 0 Å². The Morgan fingerprint density at radius 3 is 1.97 bits per heavy atom. The fraction of sp³-hybridized carbons (Fsp3) is 0.192. The molecule has 0 saturated heterocycles. The fourth-order valence-corrected chi connectivity index (χ4v) is 3.74. The SMILES string of the molecule is C=CCC(CNCc1ccc(C(=O)OC)cc1)(c1ccccc1)c1ccccc1. The summed E-state index contributed by atoms with van der Waals surface area (Å²) in [5, 5.41) is 3.62. The number of esters is 1. The van der Waals surface area contributed by atoms with Gasteiger partial charge in [-0.15, -0.1) is 6.58 Å². The van der Waals surface area contributed by atoms with Crippen LogP contribution in [0.4, 0.5) is 0 Å². The molecule has 0 radical (unpaired) electrons. The average Bonchev–Trinajstić information content (AvgIpc) is 2.79. The van der Waals surface area contributed by atoms with Crippen molar-refractivity contribution < 1.29 is 9.53 Å². The first-order valence-corrected chi connectivity index (χ1v) is 9.79. The lowest BCUT2D eigenvalue weighted by atomic mass is 9.72. The van der Waals surface area contributed by atoms with E-state index >= 15 is 0 Å². The molecule has 3 aromatic carbocycles. The molecule has 0 amide bonds. The Labute approximate surface area is 173 Å². The number of ether oxygens (including phenoxy) is 1. The highest BCUT2D eigenvalue weighted by molar-refractivity contribution is 5.89. The van der Waals surface area contributed by atoms with Gasteiger partial charge in [0.2, 0.25) is 0 Å². The molecule has 3 rings (SSSR count). The summed E-state index contributed by atoms with van der Waals surface area (Å²) in [5.74, 6) is -0.317. The van der Waals surface area contributed by atoms with Crippen LogP contribution in [0.15, 0.2) is 97.6 Å². The van der Waals surface area contributed by atoms with Gasteiger partial charge >= 0.3 is 5.97 Å². The average molecular weight is 386 g/mol. The molecule has 0 aliphatic carbocycles. The minimum Gasteiger partial charge on any atom is -0.465 e. The van der Waals surface area contributed by atoms with Crippen LogP contribution in [-0.2, 0) is 16.7 Å². The maximum Gasteiger partial charge on any atom is 0.337 e. The van der Waals surface area contributed by atoms with Crippen LogP contribution in [0, 0.1) is 0 Å². The monoisotopic (exact) mass is 385 g/mol. The van der Waals surface area contributed by atoms with Crippen molar-refractivity contribution in [2.75, 3.05) is 13.7 Å². The molecule has 0 heterocycles. The Morgan fingerprint density at radius 1 is 0.931 bits per heavy atom. The van der Waals surface area contributed by atoms with Gasteiger partial charge in [-0.05, 0) is 35.2 Å². The second kappa shape index (κ2) is 9.85. The zero-order chi connectivity index (χ0) is 20.5. The molecule has 1 N–H and O–H groups in total. The predicted molar refractivity (Wildman–Crippen MR) is 118 cm³/mol. The maximum atomic E-state index is 11.6. The number of rotatable bonds is 9. The lowest BCUT2D eigenvalue weighted by molar-refractivity contribution is 0.0600. The van der Waals surface area contributed by atoms with Crippen molar-refractivity contribution in [1.29, 1.82) is 0 Å². The summed E-state index contributed by atoms with van der Waals surface area (Å²) >= 11 is 0. The second-order valence-corrected chi connectivity index (χ2v) is 7.10. The predicted octanol–water partition coefficient (Wildman–Crippen LogP) is 5.13. The molecule has 148 valence electrons. The summed E-state index contributed by atoms with van der Waals surface area (Å²) in [7, 11) is 1.39. The molecule has 0 fully saturated rings. The summed E-state index contributed by atoms with van der Waals surface area (Å²) in [6, 6.07) is 28.7. The molecule has 3 nitrogen and oxygen atoms in total. The van der Waals surface area contributed by atoms with Gasteiger partial charge in [0.1, 0.15) is 0 Å². The van der Waals surface area contributed by atoms with Crippen LogP contribution in [0.5, 0.6) is 0 Å². The number of hydrogen-bond acceptors (Lipinski definition) is 3. The Morgan fingerprint density at radius 2 is 1.48 bits per heavy atom. The first kappa shape index (κ1) is 20.6. The molecule has 3 heteroatoms. The van der Waals surface area contributed by atoms with Gasteiger partial charge in [0.15, 0.2) is 0 Å². The highest BCUT2D eigenvalue weighted by Gasteiger charge is 2.32. The topological polar surface area (TPSA) is 38.3 Å². The fourth-order valence-electron chi connectivity index (χ4n) is 3.74. The number of carbonyl (C=O) groups is 1. The normalized spacial score (nSPS) is 11.1. The smallest absolute Gasteiger partial charge is 0.337 e. The van der Waals surface area contributed by atoms with Gasteiger partial charge in [0, 0.05) is 18.5 Å². The largest absolute Gasteiger partial charge is 0.465 e. The van der Waals surface area contributed by atoms with Crippen LogP contribution in [0.3, 0.4) is 0 Å². The van der Waals surface area contributed by atoms with Gasteiger partial charge in [-0.3, -0.25) is 0 Å². The summed E-state index contributed by atoms with van der Waals surface area (Å²) in [5.41, 5.74) is 4.01. The zero-order valence-electron chi connectivity index (χ0n) is 16.8. The minimum atomic E-state index is -0.317. The lowest BCUT2D eigenvalue weighted by Gasteiger charge is -2.35. The van der Waals surface area contributed by atoms with E-state index in [4.69, 9.17) is 4.74 Å². The third-order valence-corrected chi connectivity index (χ3v) is 5.28. The number of allylic oxidation sites excluding steroid dienone is 1. The van der Waals surface area contributed by atoms with E-state index in [1.165, 1.54) is 18.2 Å². The summed E-state index contributed by atoms with van der Waals surface area (Å²) in [4.78, 5) is 11.6. The molecular weight excluding hydrogens is 358 g/mol. The van der Waals surface area contributed by atoms with E-state index < -0.39 is 0 Å². The van der Waals surface area contributed by atoms with Gasteiger partial charge in [0.25, 0.3) is 0 Å². The van der Waals surface area contributed by atoms with E-state index in [-0.39, 0.29) is 11.4 Å². The van der Waals surface area contributed by atoms with Crippen molar-refractivity contribution in [3.8, 4) is 0 Å². The number of hydrogen-bond donors (Lipinski definition) is 1. The first-order chi connectivity index (χ1) is 14.2. The van der Waals surface area contributed by atoms with Crippen molar-refractivity contribution in [2.24, 2.45) is 0 Å². The van der Waals surface area contributed by atoms with E-state index in [1.807, 2.05) is 30.3 Å². The highest BCUT2D eigenvalue weighted by atomic mass is 16.5. The first-order valence-electron chi connectivity index (χ1n) is 9.79. The number of methoxy groups -OCH3 is 1. The van der Waals surface area contributed by atoms with Crippen molar-refractivity contribution in [3.05, 3.63) is 120 Å². The molecule has 0 spiro atoms. The summed E-state index contributed by atoms with van der Waals surface area (Å²) in [6.07, 6.45) is 2.82. The molecule has 0 aromatic heterocycles. The third-order valence-electron chi connectivity index (χ3n) is 5.28. The molecule has 0 aliphatic rings. The van der Waals surface area contributed by atoms with Crippen LogP contribution >= 0.6 is 0 Å². The van der Waals surface area contributed by atoms with Crippen LogP contribution in [0.1, 0.15) is 33.5 Å². The highest BCUT2D eigenvalue weighted by Crippen LogP contribution is 2.35. The number of nitrogens with one attached hydrogen (secondary N) is 1. The molecule has 0 unspecified atom stereocenters. The standard InChI is InChI=1S/C26H27NO2/c1-3-18-26(23-10-6-4-7-11-23,24-12-8-5-9-13-24)20-27-19-21-14-16-22(17-15-21)25(28)29-2/h3-17,27H,1,18-20H2,2H3.